The first-order valence-electron chi connectivity index (χ1n) is 11.9. The lowest BCUT2D eigenvalue weighted by atomic mass is 10.0. The van der Waals surface area contributed by atoms with Crippen LogP contribution in [0.2, 0.25) is 0 Å². The van der Waals surface area contributed by atoms with Gasteiger partial charge in [-0.25, -0.2) is 9.97 Å². The highest BCUT2D eigenvalue weighted by Gasteiger charge is 2.17. The van der Waals surface area contributed by atoms with Crippen molar-refractivity contribution < 1.29 is 14.2 Å². The molecule has 0 amide bonds. The van der Waals surface area contributed by atoms with Crippen LogP contribution in [0.25, 0.3) is 22.2 Å². The molecule has 0 aliphatic rings. The van der Waals surface area contributed by atoms with Crippen LogP contribution < -0.4 is 19.9 Å². The molecule has 0 aliphatic heterocycles. The minimum absolute atomic E-state index is 0.0146. The summed E-state index contributed by atoms with van der Waals surface area (Å²) in [6.45, 7) is 12.5. The SMILES string of the molecule is Cc1cc(-c2cc3nc(OC(C)C)cc(OC(C)C)c3c(N)n2)cc(C)c1OCc1ccccc1. The molecule has 6 nitrogen and oxygen atoms in total. The summed E-state index contributed by atoms with van der Waals surface area (Å²) < 4.78 is 18.1. The summed E-state index contributed by atoms with van der Waals surface area (Å²) in [6, 6.07) is 18.0. The Bertz CT molecular complexity index is 1310. The van der Waals surface area contributed by atoms with Crippen molar-refractivity contribution in [2.75, 3.05) is 5.73 Å². The molecular weight excluding hydrogens is 438 g/mol. The average molecular weight is 472 g/mol. The van der Waals surface area contributed by atoms with Gasteiger partial charge in [0, 0.05) is 11.6 Å². The van der Waals surface area contributed by atoms with E-state index < -0.39 is 0 Å². The highest BCUT2D eigenvalue weighted by Crippen LogP contribution is 2.37. The van der Waals surface area contributed by atoms with E-state index in [2.05, 4.69) is 24.3 Å². The molecule has 0 bridgehead atoms. The maximum Gasteiger partial charge on any atom is 0.217 e. The maximum atomic E-state index is 6.44. The molecule has 2 heterocycles. The summed E-state index contributed by atoms with van der Waals surface area (Å²) >= 11 is 0. The van der Waals surface area contributed by atoms with Crippen LogP contribution in [-0.4, -0.2) is 22.2 Å². The topological polar surface area (TPSA) is 79.5 Å². The summed E-state index contributed by atoms with van der Waals surface area (Å²) in [7, 11) is 0. The summed E-state index contributed by atoms with van der Waals surface area (Å²) in [6.07, 6.45) is -0.0421. The van der Waals surface area contributed by atoms with Crippen molar-refractivity contribution in [2.45, 2.75) is 60.4 Å². The first-order chi connectivity index (χ1) is 16.7. The fourth-order valence-electron chi connectivity index (χ4n) is 4.08. The highest BCUT2D eigenvalue weighted by molar-refractivity contribution is 5.96. The number of pyridine rings is 2. The van der Waals surface area contributed by atoms with Crippen LogP contribution >= 0.6 is 0 Å². The maximum absolute atomic E-state index is 6.44. The van der Waals surface area contributed by atoms with E-state index in [0.717, 1.165) is 33.7 Å². The monoisotopic (exact) mass is 471 g/mol. The van der Waals surface area contributed by atoms with E-state index in [0.29, 0.717) is 35.0 Å². The number of benzene rings is 2. The standard InChI is InChI=1S/C29H33N3O3/c1-17(2)34-25-15-26(35-18(3)4)31-24-14-23(32-29(30)27(24)25)22-12-19(5)28(20(6)13-22)33-16-21-10-8-7-9-11-21/h7-15,17-18H,16H2,1-6H3,(H2,30,32). The lowest BCUT2D eigenvalue weighted by Gasteiger charge is -2.17. The molecule has 0 radical (unpaired) electrons. The Morgan fingerprint density at radius 1 is 0.829 bits per heavy atom. The molecule has 0 fully saturated rings. The van der Waals surface area contributed by atoms with Crippen LogP contribution in [-0.2, 0) is 6.61 Å². The molecule has 2 aromatic carbocycles. The Hall–Kier alpha value is -3.80. The van der Waals surface area contributed by atoms with Crippen molar-refractivity contribution in [1.82, 2.24) is 9.97 Å². The van der Waals surface area contributed by atoms with Crippen molar-refractivity contribution in [3.8, 4) is 28.6 Å². The minimum atomic E-state index is -0.0275. The van der Waals surface area contributed by atoms with E-state index >= 15 is 0 Å². The predicted molar refractivity (Wildman–Crippen MR) is 141 cm³/mol. The normalized spacial score (nSPS) is 11.3. The zero-order valence-electron chi connectivity index (χ0n) is 21.3. The molecule has 0 saturated carbocycles. The summed E-state index contributed by atoms with van der Waals surface area (Å²) in [5.41, 5.74) is 12.0. The molecule has 2 N–H and O–H groups in total. The van der Waals surface area contributed by atoms with Gasteiger partial charge in [-0.15, -0.1) is 0 Å². The second-order valence-electron chi connectivity index (χ2n) is 9.29. The van der Waals surface area contributed by atoms with Crippen LogP contribution in [0.1, 0.15) is 44.4 Å². The number of ether oxygens (including phenoxy) is 3. The Labute approximate surface area is 207 Å². The van der Waals surface area contributed by atoms with Crippen LogP contribution in [0.3, 0.4) is 0 Å². The van der Waals surface area contributed by atoms with Crippen LogP contribution in [0.4, 0.5) is 5.82 Å². The highest BCUT2D eigenvalue weighted by atomic mass is 16.5. The van der Waals surface area contributed by atoms with Crippen molar-refractivity contribution in [1.29, 1.82) is 0 Å². The summed E-state index contributed by atoms with van der Waals surface area (Å²) in [4.78, 5) is 9.42. The number of hydrogen-bond acceptors (Lipinski definition) is 6. The fraction of sp³-hybridized carbons (Fsp3) is 0.310. The third-order valence-electron chi connectivity index (χ3n) is 5.46. The molecule has 0 unspecified atom stereocenters. The molecule has 182 valence electrons. The van der Waals surface area contributed by atoms with Crippen molar-refractivity contribution >= 4 is 16.7 Å². The van der Waals surface area contributed by atoms with Gasteiger partial charge in [0.25, 0.3) is 0 Å². The van der Waals surface area contributed by atoms with Crippen molar-refractivity contribution in [2.24, 2.45) is 0 Å². The smallest absolute Gasteiger partial charge is 0.217 e. The van der Waals surface area contributed by atoms with E-state index in [-0.39, 0.29) is 12.2 Å². The number of aromatic nitrogens is 2. The number of rotatable bonds is 8. The zero-order chi connectivity index (χ0) is 25.1. The van der Waals surface area contributed by atoms with Crippen molar-refractivity contribution in [3.05, 3.63) is 71.3 Å². The van der Waals surface area contributed by atoms with Gasteiger partial charge in [0.15, 0.2) is 0 Å². The first-order valence-corrected chi connectivity index (χ1v) is 11.9. The Kier molecular flexibility index (Phi) is 7.10. The van der Waals surface area contributed by atoms with Crippen LogP contribution in [0.15, 0.2) is 54.6 Å². The Balaban J connectivity index is 1.73. The third-order valence-corrected chi connectivity index (χ3v) is 5.46. The Morgan fingerprint density at radius 2 is 1.49 bits per heavy atom. The molecule has 0 atom stereocenters. The predicted octanol–water partition coefficient (Wildman–Crippen LogP) is 6.65. The second-order valence-corrected chi connectivity index (χ2v) is 9.29. The lowest BCUT2D eigenvalue weighted by molar-refractivity contribution is 0.224. The number of aryl methyl sites for hydroxylation is 2. The summed E-state index contributed by atoms with van der Waals surface area (Å²) in [5.74, 6) is 2.37. The molecule has 2 aromatic heterocycles. The lowest BCUT2D eigenvalue weighted by Crippen LogP contribution is -2.10. The number of nitrogen functional groups attached to an aromatic ring is 1. The zero-order valence-corrected chi connectivity index (χ0v) is 21.3. The molecule has 0 saturated heterocycles. The van der Waals surface area contributed by atoms with E-state index in [9.17, 15) is 0 Å². The van der Waals surface area contributed by atoms with Gasteiger partial charge in [0.2, 0.25) is 5.88 Å². The van der Waals surface area contributed by atoms with Gasteiger partial charge in [-0.2, -0.15) is 0 Å². The molecule has 6 heteroatoms. The van der Waals surface area contributed by atoms with Crippen LogP contribution in [0, 0.1) is 13.8 Å². The molecule has 35 heavy (non-hydrogen) atoms. The van der Waals surface area contributed by atoms with Crippen molar-refractivity contribution in [3.63, 3.8) is 0 Å². The molecule has 4 rings (SSSR count). The van der Waals surface area contributed by atoms with Gasteiger partial charge >= 0.3 is 0 Å². The number of nitrogens with two attached hydrogens (primary N) is 1. The van der Waals surface area contributed by atoms with Gasteiger partial charge in [-0.05, 0) is 76.4 Å². The summed E-state index contributed by atoms with van der Waals surface area (Å²) in [5, 5.41) is 0.690. The quantitative estimate of drug-likeness (QED) is 0.310. The first kappa shape index (κ1) is 24.3. The van der Waals surface area contributed by atoms with Gasteiger partial charge < -0.3 is 19.9 Å². The largest absolute Gasteiger partial charge is 0.490 e. The number of fused-ring (bicyclic) bond motifs is 1. The molecule has 0 aliphatic carbocycles. The van der Waals surface area contributed by atoms with Crippen LogP contribution in [0.5, 0.6) is 17.4 Å². The second kappa shape index (κ2) is 10.2. The van der Waals surface area contributed by atoms with E-state index in [4.69, 9.17) is 29.9 Å². The third kappa shape index (κ3) is 5.65. The number of hydrogen-bond donors (Lipinski definition) is 1. The van der Waals surface area contributed by atoms with E-state index in [1.807, 2.05) is 65.8 Å². The van der Waals surface area contributed by atoms with Gasteiger partial charge in [0.1, 0.15) is 23.9 Å². The average Bonchev–Trinajstić information content (AvgIpc) is 2.77. The minimum Gasteiger partial charge on any atom is -0.490 e. The fourth-order valence-corrected chi connectivity index (χ4v) is 4.08. The number of anilines is 1. The van der Waals surface area contributed by atoms with Gasteiger partial charge in [-0.1, -0.05) is 30.3 Å². The van der Waals surface area contributed by atoms with E-state index in [1.165, 1.54) is 0 Å². The van der Waals surface area contributed by atoms with Gasteiger partial charge in [-0.3, -0.25) is 0 Å². The van der Waals surface area contributed by atoms with Gasteiger partial charge in [0.05, 0.1) is 28.8 Å². The molecule has 0 spiro atoms. The van der Waals surface area contributed by atoms with E-state index in [1.54, 1.807) is 6.07 Å². The molecular formula is C29H33N3O3. The number of nitrogens with zero attached hydrogens (tertiary/aromatic N) is 2. The Morgan fingerprint density at radius 3 is 2.11 bits per heavy atom. The molecule has 4 aromatic rings.